The maximum atomic E-state index is 13.4. The molecule has 0 radical (unpaired) electrons. The molecule has 6 heteroatoms. The van der Waals surface area contributed by atoms with Gasteiger partial charge in [0.05, 0.1) is 22.3 Å². The van der Waals surface area contributed by atoms with E-state index in [2.05, 4.69) is 13.8 Å². The van der Waals surface area contributed by atoms with Crippen molar-refractivity contribution in [2.75, 3.05) is 12.3 Å². The van der Waals surface area contributed by atoms with E-state index >= 15 is 0 Å². The molecule has 0 saturated heterocycles. The van der Waals surface area contributed by atoms with Gasteiger partial charge in [-0.25, -0.2) is 4.98 Å². The first-order valence-corrected chi connectivity index (χ1v) is 12.6. The molecule has 4 rings (SSSR count). The van der Waals surface area contributed by atoms with Gasteiger partial charge in [0.1, 0.15) is 0 Å². The van der Waals surface area contributed by atoms with Crippen LogP contribution in [0.15, 0.2) is 58.5 Å². The van der Waals surface area contributed by atoms with E-state index in [0.717, 1.165) is 31.5 Å². The van der Waals surface area contributed by atoms with Crippen LogP contribution in [0.5, 0.6) is 0 Å². The molecule has 1 aliphatic carbocycles. The van der Waals surface area contributed by atoms with E-state index in [1.165, 1.54) is 36.6 Å². The fraction of sp³-hybridized carbons (Fsp3) is 0.423. The normalized spacial score (nSPS) is 14.6. The van der Waals surface area contributed by atoms with Crippen molar-refractivity contribution in [3.05, 3.63) is 64.4 Å². The fourth-order valence-electron chi connectivity index (χ4n) is 4.56. The average molecular weight is 450 g/mol. The van der Waals surface area contributed by atoms with Gasteiger partial charge in [-0.2, -0.15) is 0 Å². The highest BCUT2D eigenvalue weighted by molar-refractivity contribution is 7.99. The molecule has 168 valence electrons. The lowest BCUT2D eigenvalue weighted by molar-refractivity contribution is -0.131. The predicted octanol–water partition coefficient (Wildman–Crippen LogP) is 5.22. The van der Waals surface area contributed by atoms with E-state index in [0.29, 0.717) is 22.1 Å². The van der Waals surface area contributed by atoms with Gasteiger partial charge in [0, 0.05) is 12.6 Å². The summed E-state index contributed by atoms with van der Waals surface area (Å²) in [7, 11) is 0. The molecule has 3 aromatic rings. The summed E-state index contributed by atoms with van der Waals surface area (Å²) in [5.74, 6) is 0.405. The van der Waals surface area contributed by atoms with Crippen LogP contribution in [0, 0.1) is 0 Å². The van der Waals surface area contributed by atoms with Crippen LogP contribution in [0.4, 0.5) is 0 Å². The van der Waals surface area contributed by atoms with Crippen molar-refractivity contribution < 1.29 is 4.79 Å². The van der Waals surface area contributed by atoms with Crippen LogP contribution in [0.1, 0.15) is 51.5 Å². The summed E-state index contributed by atoms with van der Waals surface area (Å²) in [5.41, 5.74) is 2.55. The van der Waals surface area contributed by atoms with Crippen LogP contribution in [0.25, 0.3) is 16.6 Å². The van der Waals surface area contributed by atoms with Crippen LogP contribution in [-0.4, -0.2) is 38.7 Å². The zero-order valence-electron chi connectivity index (χ0n) is 18.9. The first-order chi connectivity index (χ1) is 15.6. The van der Waals surface area contributed by atoms with Crippen molar-refractivity contribution in [1.29, 1.82) is 0 Å². The molecule has 0 aliphatic heterocycles. The lowest BCUT2D eigenvalue weighted by atomic mass is 9.94. The number of benzene rings is 2. The number of hydrogen-bond acceptors (Lipinski definition) is 4. The molecule has 0 atom stereocenters. The van der Waals surface area contributed by atoms with Crippen LogP contribution in [-0.2, 0) is 11.2 Å². The molecule has 0 bridgehead atoms. The number of aryl methyl sites for hydroxylation is 1. The summed E-state index contributed by atoms with van der Waals surface area (Å²) in [6.45, 7) is 4.88. The zero-order valence-corrected chi connectivity index (χ0v) is 19.7. The quantitative estimate of drug-likeness (QED) is 0.366. The van der Waals surface area contributed by atoms with Crippen molar-refractivity contribution in [2.45, 2.75) is 63.6 Å². The average Bonchev–Trinajstić information content (AvgIpc) is 2.84. The molecule has 0 N–H and O–H groups in total. The second-order valence-corrected chi connectivity index (χ2v) is 9.27. The molecule has 2 aromatic carbocycles. The van der Waals surface area contributed by atoms with E-state index in [1.807, 2.05) is 53.4 Å². The molecular weight excluding hydrogens is 418 g/mol. The fourth-order valence-corrected chi connectivity index (χ4v) is 5.46. The topological polar surface area (TPSA) is 55.2 Å². The van der Waals surface area contributed by atoms with Crippen molar-refractivity contribution in [3.8, 4) is 5.69 Å². The summed E-state index contributed by atoms with van der Waals surface area (Å²) in [4.78, 5) is 33.3. The van der Waals surface area contributed by atoms with E-state index < -0.39 is 0 Å². The first kappa shape index (κ1) is 22.6. The van der Waals surface area contributed by atoms with E-state index in [-0.39, 0.29) is 17.2 Å². The SMILES string of the molecule is CCc1ccc(-n2c(SCC(=O)N(CC)C3CCCCC3)nc3ccccc3c2=O)cc1. The molecular formula is C26H31N3O2S. The van der Waals surface area contributed by atoms with Crippen LogP contribution < -0.4 is 5.56 Å². The number of amides is 1. The largest absolute Gasteiger partial charge is 0.339 e. The van der Waals surface area contributed by atoms with Gasteiger partial charge in [0.15, 0.2) is 5.16 Å². The van der Waals surface area contributed by atoms with E-state index in [1.54, 1.807) is 4.57 Å². The molecule has 1 fully saturated rings. The summed E-state index contributed by atoms with van der Waals surface area (Å²) in [5, 5.41) is 1.14. The van der Waals surface area contributed by atoms with Gasteiger partial charge in [0.2, 0.25) is 5.91 Å². The predicted molar refractivity (Wildman–Crippen MR) is 132 cm³/mol. The van der Waals surface area contributed by atoms with Gasteiger partial charge in [-0.05, 0) is 56.0 Å². The number of carbonyl (C=O) groups excluding carboxylic acids is 1. The molecule has 5 nitrogen and oxygen atoms in total. The van der Waals surface area contributed by atoms with Crippen LogP contribution >= 0.6 is 11.8 Å². The number of thioether (sulfide) groups is 1. The Balaban J connectivity index is 1.66. The number of carbonyl (C=O) groups is 1. The third-order valence-corrected chi connectivity index (χ3v) is 7.27. The molecule has 1 saturated carbocycles. The minimum Gasteiger partial charge on any atom is -0.339 e. The number of rotatable bonds is 7. The molecule has 1 amide bonds. The Bertz CT molecular complexity index is 1130. The third kappa shape index (κ3) is 4.75. The van der Waals surface area contributed by atoms with E-state index in [9.17, 15) is 9.59 Å². The van der Waals surface area contributed by atoms with Gasteiger partial charge in [-0.1, -0.05) is 62.2 Å². The standard InChI is InChI=1S/C26H31N3O2S/c1-3-19-14-16-21(17-15-19)29-25(31)22-12-8-9-13-23(22)27-26(29)32-18-24(30)28(4-2)20-10-6-5-7-11-20/h8-9,12-17,20H,3-7,10-11,18H2,1-2H3. The van der Waals surface area contributed by atoms with Gasteiger partial charge >= 0.3 is 0 Å². The first-order valence-electron chi connectivity index (χ1n) is 11.7. The number of para-hydroxylation sites is 1. The summed E-state index contributed by atoms with van der Waals surface area (Å²) in [6.07, 6.45) is 6.78. The molecule has 1 aliphatic rings. The summed E-state index contributed by atoms with van der Waals surface area (Å²) >= 11 is 1.36. The molecule has 1 aromatic heterocycles. The lowest BCUT2D eigenvalue weighted by Crippen LogP contribution is -2.42. The minimum absolute atomic E-state index is 0.102. The monoisotopic (exact) mass is 449 g/mol. The van der Waals surface area contributed by atoms with Gasteiger partial charge < -0.3 is 4.90 Å². The van der Waals surface area contributed by atoms with E-state index in [4.69, 9.17) is 4.98 Å². The number of aromatic nitrogens is 2. The smallest absolute Gasteiger partial charge is 0.266 e. The van der Waals surface area contributed by atoms with Crippen molar-refractivity contribution >= 4 is 28.6 Å². The Morgan fingerprint density at radius 3 is 2.47 bits per heavy atom. The van der Waals surface area contributed by atoms with Gasteiger partial charge in [-0.15, -0.1) is 0 Å². The third-order valence-electron chi connectivity index (χ3n) is 6.35. The minimum atomic E-state index is -0.102. The second-order valence-electron chi connectivity index (χ2n) is 8.33. The Labute approximate surface area is 193 Å². The van der Waals surface area contributed by atoms with Gasteiger partial charge in [0.25, 0.3) is 5.56 Å². The number of hydrogen-bond donors (Lipinski definition) is 0. The zero-order chi connectivity index (χ0) is 22.5. The molecule has 1 heterocycles. The Kier molecular flexibility index (Phi) is 7.30. The van der Waals surface area contributed by atoms with Crippen molar-refractivity contribution in [3.63, 3.8) is 0 Å². The van der Waals surface area contributed by atoms with Crippen LogP contribution in [0.3, 0.4) is 0 Å². The van der Waals surface area contributed by atoms with Gasteiger partial charge in [-0.3, -0.25) is 14.2 Å². The summed E-state index contributed by atoms with van der Waals surface area (Å²) < 4.78 is 1.65. The molecule has 32 heavy (non-hydrogen) atoms. The highest BCUT2D eigenvalue weighted by atomic mass is 32.2. The number of nitrogens with zero attached hydrogens (tertiary/aromatic N) is 3. The summed E-state index contributed by atoms with van der Waals surface area (Å²) in [6, 6.07) is 15.8. The maximum absolute atomic E-state index is 13.4. The number of fused-ring (bicyclic) bond motifs is 1. The highest BCUT2D eigenvalue weighted by Gasteiger charge is 2.24. The Morgan fingerprint density at radius 1 is 1.06 bits per heavy atom. The molecule has 0 unspecified atom stereocenters. The van der Waals surface area contributed by atoms with Crippen molar-refractivity contribution in [2.24, 2.45) is 0 Å². The lowest BCUT2D eigenvalue weighted by Gasteiger charge is -2.33. The maximum Gasteiger partial charge on any atom is 0.266 e. The highest BCUT2D eigenvalue weighted by Crippen LogP contribution is 2.25. The Hall–Kier alpha value is -2.60. The van der Waals surface area contributed by atoms with Crippen LogP contribution in [0.2, 0.25) is 0 Å². The molecule has 0 spiro atoms. The van der Waals surface area contributed by atoms with Crippen molar-refractivity contribution in [1.82, 2.24) is 14.5 Å². The Morgan fingerprint density at radius 2 is 1.78 bits per heavy atom. The second kappa shape index (κ2) is 10.3.